The largest absolute Gasteiger partial charge is 0.482 e. The average molecular weight is 315 g/mol. The molecule has 0 spiro atoms. The topological polar surface area (TPSA) is 35.5 Å². The molecule has 1 aromatic carbocycles. The van der Waals surface area contributed by atoms with Crippen LogP contribution < -0.4 is 4.74 Å². The van der Waals surface area contributed by atoms with E-state index >= 15 is 0 Å². The number of halogens is 1. The number of aryl methyl sites for hydroxylation is 1. The SMILES string of the molecule is CCOC(=O)COc1cc(C)c(Br)cc1C(C)C. The van der Waals surface area contributed by atoms with Crippen molar-refractivity contribution in [1.82, 2.24) is 0 Å². The minimum atomic E-state index is -0.340. The molecule has 3 nitrogen and oxygen atoms in total. The summed E-state index contributed by atoms with van der Waals surface area (Å²) in [5, 5.41) is 0. The molecule has 0 fully saturated rings. The minimum absolute atomic E-state index is 0.0470. The summed E-state index contributed by atoms with van der Waals surface area (Å²) >= 11 is 3.51. The van der Waals surface area contributed by atoms with Crippen LogP contribution in [0.1, 0.15) is 37.8 Å². The molecule has 0 heterocycles. The fraction of sp³-hybridized carbons (Fsp3) is 0.500. The van der Waals surface area contributed by atoms with Crippen LogP contribution in [0.25, 0.3) is 0 Å². The maximum atomic E-state index is 11.3. The highest BCUT2D eigenvalue weighted by atomic mass is 79.9. The average Bonchev–Trinajstić information content (AvgIpc) is 2.30. The number of esters is 1. The molecule has 100 valence electrons. The number of ether oxygens (including phenoxy) is 2. The zero-order valence-electron chi connectivity index (χ0n) is 11.2. The van der Waals surface area contributed by atoms with E-state index in [-0.39, 0.29) is 12.6 Å². The number of benzene rings is 1. The molecule has 4 heteroatoms. The number of hydrogen-bond donors (Lipinski definition) is 0. The Hall–Kier alpha value is -1.03. The summed E-state index contributed by atoms with van der Waals surface area (Å²) in [6.45, 7) is 8.28. The van der Waals surface area contributed by atoms with Gasteiger partial charge in [-0.05, 0) is 43.0 Å². The van der Waals surface area contributed by atoms with Gasteiger partial charge in [0.2, 0.25) is 0 Å². The first-order valence-electron chi connectivity index (χ1n) is 6.04. The summed E-state index contributed by atoms with van der Waals surface area (Å²) in [4.78, 5) is 11.3. The van der Waals surface area contributed by atoms with Gasteiger partial charge in [0.15, 0.2) is 6.61 Å². The summed E-state index contributed by atoms with van der Waals surface area (Å²) in [5.74, 6) is 0.741. The summed E-state index contributed by atoms with van der Waals surface area (Å²) in [6.07, 6.45) is 0. The van der Waals surface area contributed by atoms with Crippen molar-refractivity contribution in [3.8, 4) is 5.75 Å². The highest BCUT2D eigenvalue weighted by Crippen LogP contribution is 2.32. The van der Waals surface area contributed by atoms with Crippen LogP contribution in [0.2, 0.25) is 0 Å². The number of rotatable bonds is 5. The van der Waals surface area contributed by atoms with E-state index in [0.29, 0.717) is 12.5 Å². The molecule has 0 saturated carbocycles. The van der Waals surface area contributed by atoms with Gasteiger partial charge in [-0.15, -0.1) is 0 Å². The van der Waals surface area contributed by atoms with E-state index in [1.54, 1.807) is 6.92 Å². The Morgan fingerprint density at radius 2 is 2.06 bits per heavy atom. The zero-order valence-corrected chi connectivity index (χ0v) is 12.8. The second kappa shape index (κ2) is 6.78. The smallest absolute Gasteiger partial charge is 0.344 e. The molecule has 0 N–H and O–H groups in total. The molecule has 0 amide bonds. The summed E-state index contributed by atoms with van der Waals surface area (Å²) in [5.41, 5.74) is 2.16. The van der Waals surface area contributed by atoms with Gasteiger partial charge in [-0.3, -0.25) is 0 Å². The molecule has 0 aliphatic heterocycles. The maximum Gasteiger partial charge on any atom is 0.344 e. The third-order valence-electron chi connectivity index (χ3n) is 2.56. The third kappa shape index (κ3) is 4.02. The van der Waals surface area contributed by atoms with E-state index in [1.165, 1.54) is 0 Å². The normalized spacial score (nSPS) is 10.6. The first-order chi connectivity index (χ1) is 8.45. The van der Waals surface area contributed by atoms with Crippen LogP contribution in [0, 0.1) is 6.92 Å². The highest BCUT2D eigenvalue weighted by molar-refractivity contribution is 9.10. The molecule has 0 atom stereocenters. The Bertz CT molecular complexity index is 427. The van der Waals surface area contributed by atoms with Gasteiger partial charge < -0.3 is 9.47 Å². The lowest BCUT2D eigenvalue weighted by Crippen LogP contribution is -2.15. The van der Waals surface area contributed by atoms with Crippen LogP contribution in [-0.4, -0.2) is 19.2 Å². The quantitative estimate of drug-likeness (QED) is 0.775. The predicted molar refractivity (Wildman–Crippen MR) is 75.1 cm³/mol. The summed E-state index contributed by atoms with van der Waals surface area (Å²) in [6, 6.07) is 3.99. The molecule has 1 rings (SSSR count). The van der Waals surface area contributed by atoms with Crippen LogP contribution in [0.4, 0.5) is 0 Å². The number of carbonyl (C=O) groups is 1. The fourth-order valence-corrected chi connectivity index (χ4v) is 1.95. The second-order valence-corrected chi connectivity index (χ2v) is 5.24. The van der Waals surface area contributed by atoms with Gasteiger partial charge in [0.25, 0.3) is 0 Å². The summed E-state index contributed by atoms with van der Waals surface area (Å²) < 4.78 is 11.4. The molecule has 0 bridgehead atoms. The van der Waals surface area contributed by atoms with E-state index in [0.717, 1.165) is 21.3 Å². The van der Waals surface area contributed by atoms with Crippen molar-refractivity contribution in [2.75, 3.05) is 13.2 Å². The Morgan fingerprint density at radius 3 is 2.61 bits per heavy atom. The zero-order chi connectivity index (χ0) is 13.7. The van der Waals surface area contributed by atoms with Crippen LogP contribution in [0.15, 0.2) is 16.6 Å². The monoisotopic (exact) mass is 314 g/mol. The lowest BCUT2D eigenvalue weighted by molar-refractivity contribution is -0.145. The molecule has 1 aromatic rings. The third-order valence-corrected chi connectivity index (χ3v) is 3.42. The van der Waals surface area contributed by atoms with Crippen molar-refractivity contribution in [2.24, 2.45) is 0 Å². The lowest BCUT2D eigenvalue weighted by Gasteiger charge is -2.15. The highest BCUT2D eigenvalue weighted by Gasteiger charge is 2.12. The van der Waals surface area contributed by atoms with Crippen molar-refractivity contribution in [2.45, 2.75) is 33.6 Å². The Morgan fingerprint density at radius 1 is 1.39 bits per heavy atom. The van der Waals surface area contributed by atoms with Gasteiger partial charge in [0.1, 0.15) is 5.75 Å². The van der Waals surface area contributed by atoms with E-state index in [4.69, 9.17) is 9.47 Å². The van der Waals surface area contributed by atoms with E-state index < -0.39 is 0 Å². The van der Waals surface area contributed by atoms with E-state index in [2.05, 4.69) is 29.8 Å². The first kappa shape index (κ1) is 15.0. The Balaban J connectivity index is 2.86. The predicted octanol–water partition coefficient (Wildman–Crippen LogP) is 3.82. The molecule has 0 aromatic heterocycles. The van der Waals surface area contributed by atoms with Crippen molar-refractivity contribution in [3.05, 3.63) is 27.7 Å². The van der Waals surface area contributed by atoms with Gasteiger partial charge >= 0.3 is 5.97 Å². The molecule has 0 saturated heterocycles. The molecular weight excluding hydrogens is 296 g/mol. The molecule has 0 radical (unpaired) electrons. The Kier molecular flexibility index (Phi) is 5.66. The van der Waals surface area contributed by atoms with Gasteiger partial charge in [-0.25, -0.2) is 4.79 Å². The molecular formula is C14H19BrO3. The van der Waals surface area contributed by atoms with Crippen LogP contribution >= 0.6 is 15.9 Å². The van der Waals surface area contributed by atoms with Crippen LogP contribution in [0.3, 0.4) is 0 Å². The van der Waals surface area contributed by atoms with E-state index in [9.17, 15) is 4.79 Å². The van der Waals surface area contributed by atoms with E-state index in [1.807, 2.05) is 19.1 Å². The van der Waals surface area contributed by atoms with Gasteiger partial charge in [-0.1, -0.05) is 29.8 Å². The van der Waals surface area contributed by atoms with Crippen molar-refractivity contribution >= 4 is 21.9 Å². The van der Waals surface area contributed by atoms with Crippen LogP contribution in [0.5, 0.6) is 5.75 Å². The standard InChI is InChI=1S/C14H19BrO3/c1-5-17-14(16)8-18-13-6-10(4)12(15)7-11(13)9(2)3/h6-7,9H,5,8H2,1-4H3. The molecule has 0 aliphatic rings. The van der Waals surface area contributed by atoms with Crippen molar-refractivity contribution in [3.63, 3.8) is 0 Å². The van der Waals surface area contributed by atoms with Crippen molar-refractivity contribution in [1.29, 1.82) is 0 Å². The van der Waals surface area contributed by atoms with Crippen molar-refractivity contribution < 1.29 is 14.3 Å². The maximum absolute atomic E-state index is 11.3. The summed E-state index contributed by atoms with van der Waals surface area (Å²) in [7, 11) is 0. The van der Waals surface area contributed by atoms with Gasteiger partial charge in [0.05, 0.1) is 6.61 Å². The molecule has 0 unspecified atom stereocenters. The first-order valence-corrected chi connectivity index (χ1v) is 6.83. The molecule has 18 heavy (non-hydrogen) atoms. The molecule has 0 aliphatic carbocycles. The lowest BCUT2D eigenvalue weighted by atomic mass is 10.0. The minimum Gasteiger partial charge on any atom is -0.482 e. The number of hydrogen-bond acceptors (Lipinski definition) is 3. The fourth-order valence-electron chi connectivity index (χ4n) is 1.59. The number of carbonyl (C=O) groups excluding carboxylic acids is 1. The van der Waals surface area contributed by atoms with Gasteiger partial charge in [-0.2, -0.15) is 0 Å². The second-order valence-electron chi connectivity index (χ2n) is 4.39. The Labute approximate surface area is 117 Å². The van der Waals surface area contributed by atoms with Gasteiger partial charge in [0, 0.05) is 4.47 Å². The van der Waals surface area contributed by atoms with Crippen LogP contribution in [-0.2, 0) is 9.53 Å².